The van der Waals surface area contributed by atoms with Crippen molar-refractivity contribution in [1.82, 2.24) is 0 Å². The number of hydrogen-bond donors (Lipinski definition) is 1. The van der Waals surface area contributed by atoms with E-state index in [4.69, 9.17) is 0 Å². The van der Waals surface area contributed by atoms with Crippen LogP contribution in [-0.4, -0.2) is 5.12 Å². The molecule has 19 heavy (non-hydrogen) atoms. The Morgan fingerprint density at radius 2 is 1.16 bits per heavy atom. The first kappa shape index (κ1) is 19.0. The molecule has 0 radical (unpaired) electrons. The van der Waals surface area contributed by atoms with Crippen LogP contribution in [0.25, 0.3) is 0 Å². The van der Waals surface area contributed by atoms with Gasteiger partial charge in [0.1, 0.15) is 0 Å². The van der Waals surface area contributed by atoms with Crippen LogP contribution in [0.2, 0.25) is 0 Å². The predicted molar refractivity (Wildman–Crippen MR) is 88.9 cm³/mol. The fourth-order valence-electron chi connectivity index (χ4n) is 2.58. The van der Waals surface area contributed by atoms with Gasteiger partial charge in [-0.25, -0.2) is 0 Å². The lowest BCUT2D eigenvalue weighted by Gasteiger charge is -2.26. The van der Waals surface area contributed by atoms with Gasteiger partial charge in [0.2, 0.25) is 0 Å². The highest BCUT2D eigenvalue weighted by molar-refractivity contribution is 7.96. The van der Waals surface area contributed by atoms with Crippen molar-refractivity contribution in [3.63, 3.8) is 0 Å². The van der Waals surface area contributed by atoms with Crippen molar-refractivity contribution in [2.24, 2.45) is 5.41 Å². The molecule has 0 saturated carbocycles. The molecule has 0 unspecified atom stereocenters. The standard InChI is InChI=1S/C17H34OS/c1-4-6-8-10-11-13-15-17(3,16(18)19)14-12-9-7-5-2/h4-15H2,1-3H3,(H,18,19)/t17-/m0/s1. The molecule has 0 aliphatic carbocycles. The zero-order valence-corrected chi connectivity index (χ0v) is 14.2. The molecule has 2 heteroatoms. The molecule has 0 N–H and O–H groups in total. The zero-order valence-electron chi connectivity index (χ0n) is 13.3. The summed E-state index contributed by atoms with van der Waals surface area (Å²) in [7, 11) is 0. The summed E-state index contributed by atoms with van der Waals surface area (Å²) in [6.07, 6.45) is 14.8. The Bertz CT molecular complexity index is 227. The summed E-state index contributed by atoms with van der Waals surface area (Å²) in [5, 5.41) is 0.0950. The second-order valence-corrected chi connectivity index (χ2v) is 6.60. The smallest absolute Gasteiger partial charge is 0.191 e. The van der Waals surface area contributed by atoms with Gasteiger partial charge in [0.25, 0.3) is 0 Å². The molecule has 0 fully saturated rings. The summed E-state index contributed by atoms with van der Waals surface area (Å²) in [6, 6.07) is 0. The Morgan fingerprint density at radius 1 is 0.789 bits per heavy atom. The molecule has 0 bridgehead atoms. The third kappa shape index (κ3) is 9.54. The number of rotatable bonds is 13. The Kier molecular flexibility index (Phi) is 11.8. The van der Waals surface area contributed by atoms with Gasteiger partial charge in [-0.2, -0.15) is 0 Å². The van der Waals surface area contributed by atoms with Crippen LogP contribution in [0.3, 0.4) is 0 Å². The summed E-state index contributed by atoms with van der Waals surface area (Å²) in [5.41, 5.74) is -0.179. The SMILES string of the molecule is CCCCCCCC[C@](C)(CCCCCC)C(=O)S. The maximum atomic E-state index is 11.8. The molecule has 0 aromatic heterocycles. The van der Waals surface area contributed by atoms with Gasteiger partial charge < -0.3 is 0 Å². The van der Waals surface area contributed by atoms with Crippen LogP contribution >= 0.6 is 12.6 Å². The number of carbonyl (C=O) groups is 1. The van der Waals surface area contributed by atoms with E-state index in [0.717, 1.165) is 12.8 Å². The van der Waals surface area contributed by atoms with Crippen molar-refractivity contribution in [2.45, 2.75) is 97.8 Å². The molecule has 0 amide bonds. The van der Waals surface area contributed by atoms with Crippen LogP contribution in [0.1, 0.15) is 97.8 Å². The second-order valence-electron chi connectivity index (χ2n) is 6.19. The zero-order chi connectivity index (χ0) is 14.6. The Balaban J connectivity index is 3.85. The molecule has 0 saturated heterocycles. The van der Waals surface area contributed by atoms with E-state index < -0.39 is 0 Å². The predicted octanol–water partition coefficient (Wildman–Crippen LogP) is 6.17. The summed E-state index contributed by atoms with van der Waals surface area (Å²) < 4.78 is 0. The van der Waals surface area contributed by atoms with E-state index >= 15 is 0 Å². The van der Waals surface area contributed by atoms with Gasteiger partial charge in [-0.05, 0) is 12.8 Å². The Labute approximate surface area is 126 Å². The number of unbranched alkanes of at least 4 members (excludes halogenated alkanes) is 8. The Hall–Kier alpha value is 0.0200. The van der Waals surface area contributed by atoms with Crippen LogP contribution in [0.5, 0.6) is 0 Å². The number of hydrogen-bond acceptors (Lipinski definition) is 1. The molecule has 0 aromatic rings. The van der Waals surface area contributed by atoms with Gasteiger partial charge in [0.15, 0.2) is 5.12 Å². The number of carbonyl (C=O) groups excluding carboxylic acids is 1. The highest BCUT2D eigenvalue weighted by Gasteiger charge is 2.29. The van der Waals surface area contributed by atoms with E-state index in [2.05, 4.69) is 33.4 Å². The van der Waals surface area contributed by atoms with Crippen molar-refractivity contribution in [1.29, 1.82) is 0 Å². The largest absolute Gasteiger partial charge is 0.287 e. The summed E-state index contributed by atoms with van der Waals surface area (Å²) in [6.45, 7) is 6.58. The van der Waals surface area contributed by atoms with E-state index in [9.17, 15) is 4.79 Å². The highest BCUT2D eigenvalue weighted by atomic mass is 32.1. The lowest BCUT2D eigenvalue weighted by Crippen LogP contribution is -2.24. The van der Waals surface area contributed by atoms with E-state index in [1.807, 2.05) is 0 Å². The van der Waals surface area contributed by atoms with Crippen molar-refractivity contribution in [2.75, 3.05) is 0 Å². The molecular formula is C17H34OS. The molecule has 0 rings (SSSR count). The maximum Gasteiger partial charge on any atom is 0.191 e. The first-order valence-electron chi connectivity index (χ1n) is 8.30. The Morgan fingerprint density at radius 3 is 1.58 bits per heavy atom. The summed E-state index contributed by atoms with van der Waals surface area (Å²) >= 11 is 4.12. The van der Waals surface area contributed by atoms with Gasteiger partial charge in [-0.15, -0.1) is 12.6 Å². The van der Waals surface area contributed by atoms with Gasteiger partial charge in [-0.1, -0.05) is 85.0 Å². The molecule has 1 atom stereocenters. The van der Waals surface area contributed by atoms with Crippen LogP contribution in [0.4, 0.5) is 0 Å². The topological polar surface area (TPSA) is 17.1 Å². The van der Waals surface area contributed by atoms with Crippen molar-refractivity contribution < 1.29 is 4.79 Å². The molecule has 0 aliphatic rings. The average molecular weight is 287 g/mol. The first-order chi connectivity index (χ1) is 9.06. The van der Waals surface area contributed by atoms with E-state index in [-0.39, 0.29) is 10.5 Å². The van der Waals surface area contributed by atoms with E-state index in [0.29, 0.717) is 0 Å². The minimum absolute atomic E-state index is 0.0950. The fraction of sp³-hybridized carbons (Fsp3) is 0.941. The first-order valence-corrected chi connectivity index (χ1v) is 8.75. The lowest BCUT2D eigenvalue weighted by molar-refractivity contribution is -0.119. The van der Waals surface area contributed by atoms with Crippen LogP contribution in [-0.2, 0) is 4.79 Å². The van der Waals surface area contributed by atoms with Crippen LogP contribution < -0.4 is 0 Å². The summed E-state index contributed by atoms with van der Waals surface area (Å²) in [4.78, 5) is 11.8. The monoisotopic (exact) mass is 286 g/mol. The normalized spacial score (nSPS) is 14.3. The molecule has 0 aromatic carbocycles. The van der Waals surface area contributed by atoms with Crippen LogP contribution in [0.15, 0.2) is 0 Å². The minimum atomic E-state index is -0.179. The van der Waals surface area contributed by atoms with E-state index in [1.54, 1.807) is 0 Å². The van der Waals surface area contributed by atoms with Crippen molar-refractivity contribution >= 4 is 17.7 Å². The minimum Gasteiger partial charge on any atom is -0.287 e. The number of thiol groups is 1. The highest BCUT2D eigenvalue weighted by Crippen LogP contribution is 2.33. The van der Waals surface area contributed by atoms with Crippen molar-refractivity contribution in [3.8, 4) is 0 Å². The van der Waals surface area contributed by atoms with E-state index in [1.165, 1.54) is 64.2 Å². The quantitative estimate of drug-likeness (QED) is 0.316. The molecule has 114 valence electrons. The van der Waals surface area contributed by atoms with Gasteiger partial charge in [-0.3, -0.25) is 4.79 Å². The fourth-order valence-corrected chi connectivity index (χ4v) is 2.80. The van der Waals surface area contributed by atoms with Gasteiger partial charge in [0.05, 0.1) is 0 Å². The summed E-state index contributed by atoms with van der Waals surface area (Å²) in [5.74, 6) is 0. The molecular weight excluding hydrogens is 252 g/mol. The maximum absolute atomic E-state index is 11.8. The van der Waals surface area contributed by atoms with Crippen molar-refractivity contribution in [3.05, 3.63) is 0 Å². The van der Waals surface area contributed by atoms with Gasteiger partial charge in [0, 0.05) is 5.41 Å². The van der Waals surface area contributed by atoms with Gasteiger partial charge >= 0.3 is 0 Å². The average Bonchev–Trinajstić information content (AvgIpc) is 2.38. The molecule has 0 aliphatic heterocycles. The van der Waals surface area contributed by atoms with Crippen LogP contribution in [0, 0.1) is 5.41 Å². The molecule has 0 spiro atoms. The second kappa shape index (κ2) is 11.8. The lowest BCUT2D eigenvalue weighted by atomic mass is 9.81. The third-order valence-corrected chi connectivity index (χ3v) is 4.72. The molecule has 0 heterocycles. The molecule has 1 nitrogen and oxygen atoms in total. The third-order valence-electron chi connectivity index (χ3n) is 4.18.